The summed E-state index contributed by atoms with van der Waals surface area (Å²) in [6.45, 7) is 1.02. The van der Waals surface area contributed by atoms with Crippen LogP contribution in [-0.2, 0) is 0 Å². The Balaban J connectivity index is 1.89. The molecule has 76 valence electrons. The number of pyridine rings is 1. The Morgan fingerprint density at radius 3 is 2.79 bits per heavy atom. The van der Waals surface area contributed by atoms with Crippen molar-refractivity contribution in [1.29, 1.82) is 0 Å². The highest BCUT2D eigenvalue weighted by Crippen LogP contribution is 2.39. The number of rotatable bonds is 4. The van der Waals surface area contributed by atoms with Crippen molar-refractivity contribution in [2.24, 2.45) is 0 Å². The molecule has 0 aliphatic heterocycles. The van der Waals surface area contributed by atoms with Crippen LogP contribution in [0.5, 0.6) is 0 Å². The predicted octanol–water partition coefficient (Wildman–Crippen LogP) is 1.59. The third-order valence-electron chi connectivity index (χ3n) is 3.06. The standard InChI is InChI=1S/C11H17N3/c1-14(2)11(5-6-11)9-13-10-4-3-7-12-8-10/h3-4,7-8,13H,5-6,9H2,1-2H3. The molecule has 3 nitrogen and oxygen atoms in total. The molecule has 1 aromatic heterocycles. The van der Waals surface area contributed by atoms with Crippen molar-refractivity contribution in [2.75, 3.05) is 26.0 Å². The lowest BCUT2D eigenvalue weighted by molar-refractivity contribution is 0.284. The summed E-state index contributed by atoms with van der Waals surface area (Å²) in [6, 6.07) is 4.01. The van der Waals surface area contributed by atoms with Gasteiger partial charge >= 0.3 is 0 Å². The lowest BCUT2D eigenvalue weighted by atomic mass is 10.2. The van der Waals surface area contributed by atoms with Gasteiger partial charge in [0.2, 0.25) is 0 Å². The van der Waals surface area contributed by atoms with Crippen LogP contribution in [0.4, 0.5) is 5.69 Å². The summed E-state index contributed by atoms with van der Waals surface area (Å²) >= 11 is 0. The Morgan fingerprint density at radius 1 is 1.50 bits per heavy atom. The van der Waals surface area contributed by atoms with Gasteiger partial charge in [-0.3, -0.25) is 4.98 Å². The lowest BCUT2D eigenvalue weighted by Crippen LogP contribution is -2.36. The Morgan fingerprint density at radius 2 is 2.29 bits per heavy atom. The van der Waals surface area contributed by atoms with Gasteiger partial charge in [-0.2, -0.15) is 0 Å². The average molecular weight is 191 g/mol. The van der Waals surface area contributed by atoms with Gasteiger partial charge in [-0.25, -0.2) is 0 Å². The topological polar surface area (TPSA) is 28.2 Å². The van der Waals surface area contributed by atoms with Crippen LogP contribution < -0.4 is 5.32 Å². The van der Waals surface area contributed by atoms with Crippen molar-refractivity contribution in [3.63, 3.8) is 0 Å². The van der Waals surface area contributed by atoms with E-state index in [2.05, 4.69) is 35.4 Å². The van der Waals surface area contributed by atoms with E-state index in [1.165, 1.54) is 12.8 Å². The Hall–Kier alpha value is -1.09. The lowest BCUT2D eigenvalue weighted by Gasteiger charge is -2.24. The molecule has 0 radical (unpaired) electrons. The molecule has 1 saturated carbocycles. The summed E-state index contributed by atoms with van der Waals surface area (Å²) in [4.78, 5) is 6.39. The number of nitrogens with one attached hydrogen (secondary N) is 1. The van der Waals surface area contributed by atoms with Gasteiger partial charge < -0.3 is 10.2 Å². The maximum Gasteiger partial charge on any atom is 0.0527 e. The second-order valence-electron chi connectivity index (χ2n) is 4.21. The molecule has 1 aliphatic carbocycles. The first kappa shape index (κ1) is 9.46. The van der Waals surface area contributed by atoms with Crippen molar-refractivity contribution in [3.05, 3.63) is 24.5 Å². The maximum atomic E-state index is 4.07. The monoisotopic (exact) mass is 191 g/mol. The normalized spacial score (nSPS) is 18.2. The Labute approximate surface area is 85.1 Å². The van der Waals surface area contributed by atoms with Crippen molar-refractivity contribution >= 4 is 5.69 Å². The zero-order chi connectivity index (χ0) is 10.0. The van der Waals surface area contributed by atoms with Crippen LogP contribution in [0.15, 0.2) is 24.5 Å². The van der Waals surface area contributed by atoms with Gasteiger partial charge in [0.25, 0.3) is 0 Å². The highest BCUT2D eigenvalue weighted by Gasteiger charge is 2.44. The van der Waals surface area contributed by atoms with Gasteiger partial charge in [0.15, 0.2) is 0 Å². The molecule has 0 saturated heterocycles. The van der Waals surface area contributed by atoms with Crippen LogP contribution in [0, 0.1) is 0 Å². The zero-order valence-corrected chi connectivity index (χ0v) is 8.83. The fourth-order valence-electron chi connectivity index (χ4n) is 1.66. The maximum absolute atomic E-state index is 4.07. The third kappa shape index (κ3) is 1.87. The molecule has 14 heavy (non-hydrogen) atoms. The minimum Gasteiger partial charge on any atom is -0.382 e. The second-order valence-corrected chi connectivity index (χ2v) is 4.21. The smallest absolute Gasteiger partial charge is 0.0527 e. The summed E-state index contributed by atoms with van der Waals surface area (Å²) in [5, 5.41) is 3.42. The van der Waals surface area contributed by atoms with Crippen LogP contribution >= 0.6 is 0 Å². The van der Waals surface area contributed by atoms with Crippen molar-refractivity contribution < 1.29 is 0 Å². The molecule has 0 unspecified atom stereocenters. The number of nitrogens with zero attached hydrogens (tertiary/aromatic N) is 2. The highest BCUT2D eigenvalue weighted by molar-refractivity contribution is 5.40. The molecule has 0 aromatic carbocycles. The molecule has 0 bridgehead atoms. The van der Waals surface area contributed by atoms with Gasteiger partial charge in [-0.1, -0.05) is 0 Å². The van der Waals surface area contributed by atoms with E-state index in [1.54, 1.807) is 6.20 Å². The van der Waals surface area contributed by atoms with E-state index in [0.29, 0.717) is 5.54 Å². The highest BCUT2D eigenvalue weighted by atomic mass is 15.2. The van der Waals surface area contributed by atoms with Gasteiger partial charge in [0, 0.05) is 24.5 Å². The van der Waals surface area contributed by atoms with Crippen LogP contribution in [0.1, 0.15) is 12.8 Å². The van der Waals surface area contributed by atoms with Gasteiger partial charge in [0.1, 0.15) is 0 Å². The molecule has 1 aromatic rings. The molecule has 0 atom stereocenters. The largest absolute Gasteiger partial charge is 0.382 e. The fourth-order valence-corrected chi connectivity index (χ4v) is 1.66. The summed E-state index contributed by atoms with van der Waals surface area (Å²) in [6.07, 6.45) is 6.26. The summed E-state index contributed by atoms with van der Waals surface area (Å²) in [7, 11) is 4.30. The predicted molar refractivity (Wildman–Crippen MR) is 58.4 cm³/mol. The van der Waals surface area contributed by atoms with Gasteiger partial charge in [0.05, 0.1) is 5.69 Å². The van der Waals surface area contributed by atoms with E-state index >= 15 is 0 Å². The van der Waals surface area contributed by atoms with Crippen LogP contribution in [0.25, 0.3) is 0 Å². The molecule has 3 heteroatoms. The van der Waals surface area contributed by atoms with Crippen LogP contribution in [0.2, 0.25) is 0 Å². The molecule has 1 aliphatic rings. The van der Waals surface area contributed by atoms with E-state index < -0.39 is 0 Å². The summed E-state index contributed by atoms with van der Waals surface area (Å²) in [5.41, 5.74) is 1.51. The number of hydrogen-bond acceptors (Lipinski definition) is 3. The molecule has 1 heterocycles. The van der Waals surface area contributed by atoms with E-state index in [0.717, 1.165) is 12.2 Å². The van der Waals surface area contributed by atoms with Gasteiger partial charge in [-0.05, 0) is 39.1 Å². The summed E-state index contributed by atoms with van der Waals surface area (Å²) in [5.74, 6) is 0. The van der Waals surface area contributed by atoms with E-state index in [9.17, 15) is 0 Å². The fraction of sp³-hybridized carbons (Fsp3) is 0.545. The van der Waals surface area contributed by atoms with Crippen molar-refractivity contribution in [2.45, 2.75) is 18.4 Å². The molecule has 1 N–H and O–H groups in total. The van der Waals surface area contributed by atoms with Crippen molar-refractivity contribution in [3.8, 4) is 0 Å². The van der Waals surface area contributed by atoms with E-state index in [1.807, 2.05) is 12.3 Å². The quantitative estimate of drug-likeness (QED) is 0.783. The first-order valence-electron chi connectivity index (χ1n) is 5.04. The van der Waals surface area contributed by atoms with E-state index in [-0.39, 0.29) is 0 Å². The molecule has 1 fully saturated rings. The number of hydrogen-bond donors (Lipinski definition) is 1. The second kappa shape index (κ2) is 3.58. The summed E-state index contributed by atoms with van der Waals surface area (Å²) < 4.78 is 0. The number of likely N-dealkylation sites (N-methyl/N-ethyl adjacent to an activating group) is 1. The molecule has 2 rings (SSSR count). The van der Waals surface area contributed by atoms with Crippen LogP contribution in [0.3, 0.4) is 0 Å². The Bertz CT molecular complexity index is 291. The third-order valence-corrected chi connectivity index (χ3v) is 3.06. The molecule has 0 spiro atoms. The number of anilines is 1. The minimum absolute atomic E-state index is 0.399. The molecular formula is C11H17N3. The van der Waals surface area contributed by atoms with Crippen molar-refractivity contribution in [1.82, 2.24) is 9.88 Å². The SMILES string of the molecule is CN(C)C1(CNc2cccnc2)CC1. The minimum atomic E-state index is 0.399. The zero-order valence-electron chi connectivity index (χ0n) is 8.83. The van der Waals surface area contributed by atoms with Gasteiger partial charge in [-0.15, -0.1) is 0 Å². The first-order chi connectivity index (χ1) is 6.73. The number of aromatic nitrogens is 1. The van der Waals surface area contributed by atoms with Crippen LogP contribution in [-0.4, -0.2) is 36.1 Å². The first-order valence-corrected chi connectivity index (χ1v) is 5.04. The molecular weight excluding hydrogens is 174 g/mol. The molecule has 0 amide bonds. The average Bonchev–Trinajstić information content (AvgIpc) is 2.97. The Kier molecular flexibility index (Phi) is 2.42. The van der Waals surface area contributed by atoms with E-state index in [4.69, 9.17) is 0 Å².